The quantitative estimate of drug-likeness (QED) is 0.753. The molecule has 0 aliphatic carbocycles. The lowest BCUT2D eigenvalue weighted by Gasteiger charge is -2.17. The molecule has 0 radical (unpaired) electrons. The van der Waals surface area contributed by atoms with Crippen LogP contribution in [0.25, 0.3) is 0 Å². The molecule has 1 aromatic carbocycles. The van der Waals surface area contributed by atoms with E-state index in [1.54, 1.807) is 0 Å². The number of hydrogen-bond acceptors (Lipinski definition) is 1. The van der Waals surface area contributed by atoms with Crippen LogP contribution in [-0.2, 0) is 0 Å². The summed E-state index contributed by atoms with van der Waals surface area (Å²) in [5.41, 5.74) is 8.72. The SMILES string of the molecule is CC[C@@H](N)c1ccccc1C(C)C. The molecular formula is C12H19N. The van der Waals surface area contributed by atoms with E-state index in [-0.39, 0.29) is 6.04 Å². The molecule has 1 heteroatoms. The summed E-state index contributed by atoms with van der Waals surface area (Å²) in [6.45, 7) is 6.55. The summed E-state index contributed by atoms with van der Waals surface area (Å²) >= 11 is 0. The smallest absolute Gasteiger partial charge is 0.0295 e. The molecule has 0 unspecified atom stereocenters. The zero-order valence-corrected chi connectivity index (χ0v) is 8.75. The van der Waals surface area contributed by atoms with Gasteiger partial charge in [-0.2, -0.15) is 0 Å². The minimum Gasteiger partial charge on any atom is -0.324 e. The molecule has 72 valence electrons. The summed E-state index contributed by atoms with van der Waals surface area (Å²) in [7, 11) is 0. The fraction of sp³-hybridized carbons (Fsp3) is 0.500. The fourth-order valence-electron chi connectivity index (χ4n) is 1.59. The highest BCUT2D eigenvalue weighted by Crippen LogP contribution is 2.24. The number of benzene rings is 1. The molecule has 1 atom stereocenters. The first-order valence-electron chi connectivity index (χ1n) is 5.01. The molecule has 0 aromatic heterocycles. The first kappa shape index (κ1) is 10.3. The van der Waals surface area contributed by atoms with Gasteiger partial charge in [-0.1, -0.05) is 45.0 Å². The minimum absolute atomic E-state index is 0.193. The van der Waals surface area contributed by atoms with Gasteiger partial charge >= 0.3 is 0 Å². The Morgan fingerprint density at radius 3 is 2.15 bits per heavy atom. The predicted octanol–water partition coefficient (Wildman–Crippen LogP) is 3.22. The first-order valence-corrected chi connectivity index (χ1v) is 5.01. The van der Waals surface area contributed by atoms with Crippen molar-refractivity contribution < 1.29 is 0 Å². The monoisotopic (exact) mass is 177 g/mol. The third-order valence-corrected chi connectivity index (χ3v) is 2.46. The molecule has 2 N–H and O–H groups in total. The lowest BCUT2D eigenvalue weighted by Crippen LogP contribution is -2.11. The summed E-state index contributed by atoms with van der Waals surface area (Å²) in [6, 6.07) is 8.66. The van der Waals surface area contributed by atoms with E-state index in [4.69, 9.17) is 5.73 Å². The van der Waals surface area contributed by atoms with Crippen molar-refractivity contribution in [2.24, 2.45) is 5.73 Å². The molecule has 0 aliphatic rings. The van der Waals surface area contributed by atoms with Crippen molar-refractivity contribution in [2.75, 3.05) is 0 Å². The van der Waals surface area contributed by atoms with Crippen LogP contribution in [0.2, 0.25) is 0 Å². The lowest BCUT2D eigenvalue weighted by molar-refractivity contribution is 0.678. The normalized spacial score (nSPS) is 13.3. The average molecular weight is 177 g/mol. The molecule has 1 aromatic rings. The molecule has 0 aliphatic heterocycles. The summed E-state index contributed by atoms with van der Waals surface area (Å²) in [5.74, 6) is 0.564. The molecule has 13 heavy (non-hydrogen) atoms. The largest absolute Gasteiger partial charge is 0.324 e. The van der Waals surface area contributed by atoms with Crippen LogP contribution in [0.1, 0.15) is 50.3 Å². The Balaban J connectivity index is 3.04. The van der Waals surface area contributed by atoms with E-state index in [1.165, 1.54) is 11.1 Å². The highest BCUT2D eigenvalue weighted by molar-refractivity contribution is 5.32. The van der Waals surface area contributed by atoms with Gasteiger partial charge in [0.05, 0.1) is 0 Å². The maximum Gasteiger partial charge on any atom is 0.0295 e. The third-order valence-electron chi connectivity index (χ3n) is 2.46. The van der Waals surface area contributed by atoms with Gasteiger partial charge in [0.15, 0.2) is 0 Å². The highest BCUT2D eigenvalue weighted by Gasteiger charge is 2.10. The molecule has 0 bridgehead atoms. The second-order valence-electron chi connectivity index (χ2n) is 3.80. The van der Waals surface area contributed by atoms with E-state index in [2.05, 4.69) is 45.0 Å². The van der Waals surface area contributed by atoms with Crippen LogP contribution >= 0.6 is 0 Å². The van der Waals surface area contributed by atoms with Crippen LogP contribution in [0.15, 0.2) is 24.3 Å². The van der Waals surface area contributed by atoms with Crippen LogP contribution in [-0.4, -0.2) is 0 Å². The Labute approximate surface area is 81.0 Å². The third kappa shape index (κ3) is 2.31. The van der Waals surface area contributed by atoms with Gasteiger partial charge in [-0.3, -0.25) is 0 Å². The lowest BCUT2D eigenvalue weighted by atomic mass is 9.92. The van der Waals surface area contributed by atoms with Gasteiger partial charge in [0, 0.05) is 6.04 Å². The van der Waals surface area contributed by atoms with E-state index in [1.807, 2.05) is 0 Å². The van der Waals surface area contributed by atoms with E-state index in [0.29, 0.717) is 5.92 Å². The Morgan fingerprint density at radius 2 is 1.69 bits per heavy atom. The van der Waals surface area contributed by atoms with Crippen LogP contribution in [0, 0.1) is 0 Å². The topological polar surface area (TPSA) is 26.0 Å². The Hall–Kier alpha value is -0.820. The van der Waals surface area contributed by atoms with Crippen molar-refractivity contribution >= 4 is 0 Å². The van der Waals surface area contributed by atoms with E-state index in [0.717, 1.165) is 6.42 Å². The second-order valence-corrected chi connectivity index (χ2v) is 3.80. The van der Waals surface area contributed by atoms with Gasteiger partial charge in [-0.05, 0) is 23.5 Å². The van der Waals surface area contributed by atoms with Gasteiger partial charge in [0.25, 0.3) is 0 Å². The minimum atomic E-state index is 0.193. The summed E-state index contributed by atoms with van der Waals surface area (Å²) in [4.78, 5) is 0. The zero-order valence-electron chi connectivity index (χ0n) is 8.75. The highest BCUT2D eigenvalue weighted by atomic mass is 14.6. The van der Waals surface area contributed by atoms with E-state index >= 15 is 0 Å². The van der Waals surface area contributed by atoms with Crippen molar-refractivity contribution in [1.82, 2.24) is 0 Å². The molecule has 0 heterocycles. The first-order chi connectivity index (χ1) is 6.16. The van der Waals surface area contributed by atoms with Crippen molar-refractivity contribution in [3.8, 4) is 0 Å². The Bertz CT molecular complexity index is 266. The maximum absolute atomic E-state index is 6.03. The van der Waals surface area contributed by atoms with Gasteiger partial charge in [0.1, 0.15) is 0 Å². The Morgan fingerprint density at radius 1 is 1.15 bits per heavy atom. The van der Waals surface area contributed by atoms with Gasteiger partial charge in [0.2, 0.25) is 0 Å². The standard InChI is InChI=1S/C12H19N/c1-4-12(13)11-8-6-5-7-10(11)9(2)3/h5-9,12H,4,13H2,1-3H3/t12-/m1/s1. The zero-order chi connectivity index (χ0) is 9.84. The molecular weight excluding hydrogens is 158 g/mol. The average Bonchev–Trinajstić information content (AvgIpc) is 2.16. The molecule has 1 nitrogen and oxygen atoms in total. The van der Waals surface area contributed by atoms with Crippen LogP contribution < -0.4 is 5.73 Å². The molecule has 0 spiro atoms. The number of rotatable bonds is 3. The molecule has 0 fully saturated rings. The number of nitrogens with two attached hydrogens (primary N) is 1. The van der Waals surface area contributed by atoms with Crippen molar-refractivity contribution in [2.45, 2.75) is 39.2 Å². The van der Waals surface area contributed by atoms with Gasteiger partial charge in [-0.15, -0.1) is 0 Å². The van der Waals surface area contributed by atoms with Crippen LogP contribution in [0.3, 0.4) is 0 Å². The van der Waals surface area contributed by atoms with Crippen molar-refractivity contribution in [3.05, 3.63) is 35.4 Å². The maximum atomic E-state index is 6.03. The molecule has 1 rings (SSSR count). The van der Waals surface area contributed by atoms with Gasteiger partial charge in [-0.25, -0.2) is 0 Å². The molecule has 0 amide bonds. The Kier molecular flexibility index (Phi) is 3.49. The van der Waals surface area contributed by atoms with Crippen LogP contribution in [0.4, 0.5) is 0 Å². The molecule has 0 saturated carbocycles. The second kappa shape index (κ2) is 4.43. The molecule has 0 saturated heterocycles. The van der Waals surface area contributed by atoms with Gasteiger partial charge < -0.3 is 5.73 Å². The van der Waals surface area contributed by atoms with Crippen molar-refractivity contribution in [3.63, 3.8) is 0 Å². The van der Waals surface area contributed by atoms with Crippen molar-refractivity contribution in [1.29, 1.82) is 0 Å². The van der Waals surface area contributed by atoms with E-state index < -0.39 is 0 Å². The summed E-state index contributed by atoms with van der Waals surface area (Å²) < 4.78 is 0. The number of hydrogen-bond donors (Lipinski definition) is 1. The predicted molar refractivity (Wildman–Crippen MR) is 57.8 cm³/mol. The fourth-order valence-corrected chi connectivity index (χ4v) is 1.59. The summed E-state index contributed by atoms with van der Waals surface area (Å²) in [6.07, 6.45) is 1.00. The van der Waals surface area contributed by atoms with E-state index in [9.17, 15) is 0 Å². The summed E-state index contributed by atoms with van der Waals surface area (Å²) in [5, 5.41) is 0. The van der Waals surface area contributed by atoms with Crippen LogP contribution in [0.5, 0.6) is 0 Å².